The first kappa shape index (κ1) is 17.3. The molecule has 1 aromatic carbocycles. The first-order chi connectivity index (χ1) is 10.8. The fraction of sp³-hybridized carbons (Fsp3) is 0.529. The van der Waals surface area contributed by atoms with Crippen LogP contribution in [0, 0.1) is 17.3 Å². The minimum Gasteiger partial charge on any atom is -0.481 e. The van der Waals surface area contributed by atoms with Crippen LogP contribution >= 0.6 is 0 Å². The van der Waals surface area contributed by atoms with Crippen molar-refractivity contribution in [3.05, 3.63) is 24.3 Å². The molecule has 0 aromatic heterocycles. The largest absolute Gasteiger partial charge is 0.481 e. The first-order valence-electron chi connectivity index (χ1n) is 7.67. The molecule has 0 saturated heterocycles. The van der Waals surface area contributed by atoms with E-state index in [9.17, 15) is 14.7 Å². The molecule has 1 saturated carbocycles. The third-order valence-electron chi connectivity index (χ3n) is 4.38. The van der Waals surface area contributed by atoms with Gasteiger partial charge in [0.05, 0.1) is 29.8 Å². The normalized spacial score (nSPS) is 23.0. The molecule has 2 rings (SSSR count). The van der Waals surface area contributed by atoms with Crippen LogP contribution < -0.4 is 10.6 Å². The van der Waals surface area contributed by atoms with Gasteiger partial charge in [0, 0.05) is 13.2 Å². The number of rotatable bonds is 7. The van der Waals surface area contributed by atoms with Crippen LogP contribution in [0.5, 0.6) is 0 Å². The Bertz CT molecular complexity index is 600. The Morgan fingerprint density at radius 2 is 1.87 bits per heavy atom. The summed E-state index contributed by atoms with van der Waals surface area (Å²) in [5, 5.41) is 15.3. The number of para-hydroxylation sites is 2. The van der Waals surface area contributed by atoms with E-state index in [2.05, 4.69) is 10.6 Å². The van der Waals surface area contributed by atoms with Gasteiger partial charge in [0.1, 0.15) is 0 Å². The molecule has 6 nitrogen and oxygen atoms in total. The van der Waals surface area contributed by atoms with Gasteiger partial charge in [-0.3, -0.25) is 9.59 Å². The number of methoxy groups -OCH3 is 1. The number of carbonyl (C=O) groups excluding carboxylic acids is 1. The summed E-state index contributed by atoms with van der Waals surface area (Å²) >= 11 is 0. The van der Waals surface area contributed by atoms with Gasteiger partial charge in [0.25, 0.3) is 0 Å². The second-order valence-corrected chi connectivity index (χ2v) is 6.65. The van der Waals surface area contributed by atoms with E-state index in [4.69, 9.17) is 4.74 Å². The van der Waals surface area contributed by atoms with Gasteiger partial charge in [0.2, 0.25) is 5.91 Å². The van der Waals surface area contributed by atoms with E-state index in [0.29, 0.717) is 12.3 Å². The van der Waals surface area contributed by atoms with Crippen molar-refractivity contribution in [1.29, 1.82) is 0 Å². The summed E-state index contributed by atoms with van der Waals surface area (Å²) in [6, 6.07) is 7.45. The summed E-state index contributed by atoms with van der Waals surface area (Å²) in [6.45, 7) is 6.13. The molecule has 3 N–H and O–H groups in total. The molecular weight excluding hydrogens is 296 g/mol. The van der Waals surface area contributed by atoms with Crippen LogP contribution in [0.1, 0.15) is 20.8 Å². The predicted octanol–water partition coefficient (Wildman–Crippen LogP) is 2.43. The van der Waals surface area contributed by atoms with Crippen LogP contribution in [-0.2, 0) is 14.3 Å². The highest BCUT2D eigenvalue weighted by molar-refractivity contribution is 6.01. The van der Waals surface area contributed by atoms with Gasteiger partial charge in [-0.25, -0.2) is 0 Å². The molecule has 1 amide bonds. The Hall–Kier alpha value is -2.08. The molecule has 1 unspecified atom stereocenters. The zero-order chi connectivity index (χ0) is 17.2. The van der Waals surface area contributed by atoms with Crippen molar-refractivity contribution in [1.82, 2.24) is 0 Å². The number of ether oxygens (including phenoxy) is 1. The van der Waals surface area contributed by atoms with Crippen molar-refractivity contribution in [2.75, 3.05) is 24.4 Å². The van der Waals surface area contributed by atoms with Crippen molar-refractivity contribution in [2.45, 2.75) is 26.8 Å². The maximum Gasteiger partial charge on any atom is 0.307 e. The second kappa shape index (κ2) is 6.58. The van der Waals surface area contributed by atoms with E-state index >= 15 is 0 Å². The number of anilines is 2. The summed E-state index contributed by atoms with van der Waals surface area (Å²) in [6.07, 6.45) is 0. The maximum absolute atomic E-state index is 12.4. The molecule has 126 valence electrons. The van der Waals surface area contributed by atoms with Gasteiger partial charge in [-0.1, -0.05) is 26.0 Å². The molecule has 1 aliphatic rings. The number of benzene rings is 1. The van der Waals surface area contributed by atoms with Crippen LogP contribution in [0.4, 0.5) is 11.4 Å². The van der Waals surface area contributed by atoms with E-state index in [1.54, 1.807) is 27.0 Å². The van der Waals surface area contributed by atoms with Gasteiger partial charge in [-0.15, -0.1) is 0 Å². The fourth-order valence-corrected chi connectivity index (χ4v) is 3.07. The highest BCUT2D eigenvalue weighted by Crippen LogP contribution is 2.58. The number of carboxylic acid groups (broad SMARTS) is 1. The van der Waals surface area contributed by atoms with E-state index in [1.807, 2.05) is 25.1 Å². The zero-order valence-corrected chi connectivity index (χ0v) is 13.9. The smallest absolute Gasteiger partial charge is 0.307 e. The average Bonchev–Trinajstić information content (AvgIpc) is 3.04. The number of carboxylic acids is 1. The lowest BCUT2D eigenvalue weighted by molar-refractivity contribution is -0.140. The van der Waals surface area contributed by atoms with Crippen LogP contribution in [0.2, 0.25) is 0 Å². The highest BCUT2D eigenvalue weighted by atomic mass is 16.5. The monoisotopic (exact) mass is 320 g/mol. The molecule has 0 aliphatic heterocycles. The summed E-state index contributed by atoms with van der Waals surface area (Å²) < 4.78 is 5.10. The number of nitrogens with one attached hydrogen (secondary N) is 2. The van der Waals surface area contributed by atoms with Crippen LogP contribution in [0.3, 0.4) is 0 Å². The van der Waals surface area contributed by atoms with Gasteiger partial charge in [0.15, 0.2) is 0 Å². The topological polar surface area (TPSA) is 87.7 Å². The van der Waals surface area contributed by atoms with Gasteiger partial charge in [-0.05, 0) is 24.5 Å². The van der Waals surface area contributed by atoms with Crippen LogP contribution in [0.25, 0.3) is 0 Å². The molecule has 0 spiro atoms. The van der Waals surface area contributed by atoms with E-state index in [1.165, 1.54) is 0 Å². The van der Waals surface area contributed by atoms with Gasteiger partial charge in [-0.2, -0.15) is 0 Å². The standard InChI is InChI=1S/C17H24N2O4/c1-10(9-23-4)18-11-7-5-6-8-12(11)19-15(20)13-14(16(21)22)17(13,2)3/h5-8,10,13-14,18H,9H2,1-4H3,(H,19,20)(H,21,22)/t10?,13-,14+/m0/s1. The second-order valence-electron chi connectivity index (χ2n) is 6.65. The SMILES string of the molecule is COCC(C)Nc1ccccc1NC(=O)[C@@H]1[C@H](C(=O)O)C1(C)C. The molecular formula is C17H24N2O4. The van der Waals surface area contributed by atoms with Crippen molar-refractivity contribution < 1.29 is 19.4 Å². The molecule has 23 heavy (non-hydrogen) atoms. The number of hydrogen-bond acceptors (Lipinski definition) is 4. The van der Waals surface area contributed by atoms with Crippen molar-refractivity contribution in [3.8, 4) is 0 Å². The van der Waals surface area contributed by atoms with Gasteiger partial charge < -0.3 is 20.5 Å². The number of hydrogen-bond donors (Lipinski definition) is 3. The average molecular weight is 320 g/mol. The quantitative estimate of drug-likeness (QED) is 0.718. The Labute approximate surface area is 136 Å². The molecule has 1 aliphatic carbocycles. The van der Waals surface area contributed by atoms with E-state index in [0.717, 1.165) is 5.69 Å². The molecule has 3 atom stereocenters. The number of carbonyl (C=O) groups is 2. The van der Waals surface area contributed by atoms with Crippen LogP contribution in [0.15, 0.2) is 24.3 Å². The molecule has 6 heteroatoms. The zero-order valence-electron chi connectivity index (χ0n) is 13.9. The Kier molecular flexibility index (Phi) is 4.94. The van der Waals surface area contributed by atoms with Crippen molar-refractivity contribution in [3.63, 3.8) is 0 Å². The lowest BCUT2D eigenvalue weighted by atomic mass is 10.1. The number of aliphatic carboxylic acids is 1. The van der Waals surface area contributed by atoms with E-state index in [-0.39, 0.29) is 11.9 Å². The minimum absolute atomic E-state index is 0.0854. The molecule has 1 aromatic rings. The molecule has 1 fully saturated rings. The summed E-state index contributed by atoms with van der Waals surface area (Å²) in [5.41, 5.74) is 0.921. The first-order valence-corrected chi connectivity index (χ1v) is 7.67. The Morgan fingerprint density at radius 1 is 1.26 bits per heavy atom. The predicted molar refractivity (Wildman–Crippen MR) is 88.4 cm³/mol. The molecule has 0 heterocycles. The summed E-state index contributed by atoms with van der Waals surface area (Å²) in [4.78, 5) is 23.7. The third-order valence-corrected chi connectivity index (χ3v) is 4.38. The van der Waals surface area contributed by atoms with Gasteiger partial charge >= 0.3 is 5.97 Å². The lowest BCUT2D eigenvalue weighted by Gasteiger charge is -2.18. The van der Waals surface area contributed by atoms with Crippen molar-refractivity contribution in [2.24, 2.45) is 17.3 Å². The Morgan fingerprint density at radius 3 is 2.39 bits per heavy atom. The molecule has 0 bridgehead atoms. The minimum atomic E-state index is -0.921. The molecule has 0 radical (unpaired) electrons. The summed E-state index contributed by atoms with van der Waals surface area (Å²) in [7, 11) is 1.63. The fourth-order valence-electron chi connectivity index (χ4n) is 3.07. The number of amides is 1. The summed E-state index contributed by atoms with van der Waals surface area (Å²) in [5.74, 6) is -2.31. The third kappa shape index (κ3) is 3.64. The van der Waals surface area contributed by atoms with E-state index < -0.39 is 23.2 Å². The lowest BCUT2D eigenvalue weighted by Crippen LogP contribution is -2.23. The highest BCUT2D eigenvalue weighted by Gasteiger charge is 2.65. The maximum atomic E-state index is 12.4. The Balaban J connectivity index is 2.09. The van der Waals surface area contributed by atoms with Crippen molar-refractivity contribution >= 4 is 23.3 Å². The van der Waals surface area contributed by atoms with Crippen LogP contribution in [-0.4, -0.2) is 36.7 Å².